The summed E-state index contributed by atoms with van der Waals surface area (Å²) in [7, 11) is -4.44. The lowest BCUT2D eigenvalue weighted by Crippen LogP contribution is -2.13. The van der Waals surface area contributed by atoms with E-state index in [1.807, 2.05) is 6.07 Å². The molecule has 5 nitrogen and oxygen atoms in total. The Kier molecular flexibility index (Phi) is 3.99. The third-order valence-corrected chi connectivity index (χ3v) is 2.76. The highest BCUT2D eigenvalue weighted by Gasteiger charge is 2.11. The van der Waals surface area contributed by atoms with E-state index in [2.05, 4.69) is 10.1 Å². The van der Waals surface area contributed by atoms with Crippen molar-refractivity contribution in [2.45, 2.75) is 0 Å². The summed E-state index contributed by atoms with van der Waals surface area (Å²) in [5, 5.41) is 0. The quantitative estimate of drug-likeness (QED) is 0.663. The van der Waals surface area contributed by atoms with E-state index in [4.69, 9.17) is 4.52 Å². The summed E-state index contributed by atoms with van der Waals surface area (Å²) in [5.74, 6) is 0.200. The van der Waals surface area contributed by atoms with Gasteiger partial charge in [0.15, 0.2) is 0 Å². The number of hydrogen-bond acceptors (Lipinski definition) is 5. The summed E-state index contributed by atoms with van der Waals surface area (Å²) in [4.78, 5) is 11.5. The highest BCUT2D eigenvalue weighted by atomic mass is 31.2. The fourth-order valence-electron chi connectivity index (χ4n) is 1.24. The van der Waals surface area contributed by atoms with Crippen molar-refractivity contribution in [3.05, 3.63) is 60.7 Å². The van der Waals surface area contributed by atoms with Gasteiger partial charge in [0.25, 0.3) is 0 Å². The summed E-state index contributed by atoms with van der Waals surface area (Å²) in [6.07, 6.45) is 0. The Bertz CT molecular complexity index is 532. The molecule has 0 aromatic heterocycles. The average molecular weight is 264 g/mol. The first-order chi connectivity index (χ1) is 8.66. The van der Waals surface area contributed by atoms with Crippen LogP contribution in [0.2, 0.25) is 0 Å². The van der Waals surface area contributed by atoms with Crippen molar-refractivity contribution in [2.75, 3.05) is 5.48 Å². The van der Waals surface area contributed by atoms with Crippen molar-refractivity contribution in [3.63, 3.8) is 0 Å². The van der Waals surface area contributed by atoms with Gasteiger partial charge in [-0.05, 0) is 24.3 Å². The van der Waals surface area contributed by atoms with Crippen molar-refractivity contribution in [1.82, 2.24) is 0 Å². The van der Waals surface area contributed by atoms with Crippen molar-refractivity contribution >= 4 is 13.5 Å². The molecule has 0 fully saturated rings. The van der Waals surface area contributed by atoms with E-state index < -0.39 is 7.82 Å². The molecule has 0 saturated carbocycles. The Hall–Kier alpha value is -1.81. The van der Waals surface area contributed by atoms with Gasteiger partial charge in [-0.2, -0.15) is 4.62 Å². The molecule has 2 aromatic rings. The van der Waals surface area contributed by atoms with Gasteiger partial charge < -0.3 is 9.42 Å². The maximum absolute atomic E-state index is 11.5. The summed E-state index contributed by atoms with van der Waals surface area (Å²) >= 11 is 0. The highest BCUT2D eigenvalue weighted by Crippen LogP contribution is 2.39. The van der Waals surface area contributed by atoms with Crippen LogP contribution in [0.4, 0.5) is 5.69 Å². The molecule has 0 aliphatic rings. The number of rotatable bonds is 5. The lowest BCUT2D eigenvalue weighted by atomic mass is 10.3. The number of phosphoric ester groups is 1. The van der Waals surface area contributed by atoms with Gasteiger partial charge in [0.05, 0.1) is 5.69 Å². The van der Waals surface area contributed by atoms with Crippen molar-refractivity contribution in [3.8, 4) is 5.75 Å². The molecule has 6 heteroatoms. The molecule has 0 amide bonds. The molecular weight excluding hydrogens is 253 g/mol. The number of benzene rings is 2. The van der Waals surface area contributed by atoms with Crippen LogP contribution in [0.25, 0.3) is 0 Å². The molecule has 94 valence electrons. The third kappa shape index (κ3) is 3.89. The van der Waals surface area contributed by atoms with E-state index in [0.717, 1.165) is 0 Å². The Balaban J connectivity index is 1.94. The van der Waals surface area contributed by atoms with Crippen LogP contribution < -0.4 is 14.9 Å². The molecule has 0 radical (unpaired) electrons. The van der Waals surface area contributed by atoms with Crippen LogP contribution in [-0.2, 0) is 9.19 Å². The minimum Gasteiger partial charge on any atom is -0.745 e. The van der Waals surface area contributed by atoms with Crippen LogP contribution in [0.5, 0.6) is 5.75 Å². The van der Waals surface area contributed by atoms with Crippen LogP contribution in [0, 0.1) is 0 Å². The van der Waals surface area contributed by atoms with Gasteiger partial charge in [-0.15, -0.1) is 0 Å². The van der Waals surface area contributed by atoms with Gasteiger partial charge in [-0.1, -0.05) is 36.4 Å². The van der Waals surface area contributed by atoms with Crippen LogP contribution in [0.1, 0.15) is 0 Å². The molecule has 1 N–H and O–H groups in total. The molecular formula is C12H11NO4P-. The SMILES string of the molecule is O=P([O-])(ONc1ccccc1)Oc1ccccc1. The lowest BCUT2D eigenvalue weighted by Gasteiger charge is -2.23. The Morgan fingerprint density at radius 1 is 0.944 bits per heavy atom. The van der Waals surface area contributed by atoms with Gasteiger partial charge in [-0.25, -0.2) is 0 Å². The predicted octanol–water partition coefficient (Wildman–Crippen LogP) is 2.58. The van der Waals surface area contributed by atoms with Gasteiger partial charge in [0, 0.05) is 0 Å². The largest absolute Gasteiger partial charge is 0.745 e. The molecule has 2 aromatic carbocycles. The summed E-state index contributed by atoms with van der Waals surface area (Å²) in [6.45, 7) is 0. The Morgan fingerprint density at radius 2 is 1.50 bits per heavy atom. The van der Waals surface area contributed by atoms with Crippen molar-refractivity contribution in [1.29, 1.82) is 0 Å². The van der Waals surface area contributed by atoms with E-state index >= 15 is 0 Å². The van der Waals surface area contributed by atoms with E-state index in [9.17, 15) is 9.46 Å². The Labute approximate surface area is 105 Å². The molecule has 0 aliphatic heterocycles. The molecule has 1 unspecified atom stereocenters. The number of anilines is 1. The zero-order valence-electron chi connectivity index (χ0n) is 9.35. The summed E-state index contributed by atoms with van der Waals surface area (Å²) in [6, 6.07) is 16.8. The second-order valence-electron chi connectivity index (χ2n) is 3.41. The second kappa shape index (κ2) is 5.69. The first kappa shape index (κ1) is 12.6. The molecule has 1 atom stereocenters. The van der Waals surface area contributed by atoms with Gasteiger partial charge in [0.2, 0.25) is 0 Å². The number of nitrogens with one attached hydrogen (secondary N) is 1. The van der Waals surface area contributed by atoms with Crippen LogP contribution in [-0.4, -0.2) is 0 Å². The zero-order valence-corrected chi connectivity index (χ0v) is 10.2. The molecule has 2 rings (SSSR count). The number of para-hydroxylation sites is 2. The molecule has 0 heterocycles. The second-order valence-corrected chi connectivity index (χ2v) is 4.67. The highest BCUT2D eigenvalue weighted by molar-refractivity contribution is 7.46. The van der Waals surface area contributed by atoms with E-state index in [1.54, 1.807) is 42.5 Å². The summed E-state index contributed by atoms with van der Waals surface area (Å²) in [5.41, 5.74) is 2.82. The molecule has 18 heavy (non-hydrogen) atoms. The van der Waals surface area contributed by atoms with Crippen molar-refractivity contribution < 1.29 is 18.6 Å². The fraction of sp³-hybridized carbons (Fsp3) is 0. The predicted molar refractivity (Wildman–Crippen MR) is 65.8 cm³/mol. The van der Waals surface area contributed by atoms with E-state index in [0.29, 0.717) is 5.69 Å². The molecule has 0 spiro atoms. The molecule has 0 bridgehead atoms. The summed E-state index contributed by atoms with van der Waals surface area (Å²) < 4.78 is 20.8. The normalized spacial score (nSPS) is 13.6. The van der Waals surface area contributed by atoms with Crippen molar-refractivity contribution in [2.24, 2.45) is 0 Å². The number of phosphoric acid groups is 1. The van der Waals surface area contributed by atoms with E-state index in [-0.39, 0.29) is 5.75 Å². The van der Waals surface area contributed by atoms with Gasteiger partial charge >= 0.3 is 7.82 Å². The Morgan fingerprint density at radius 3 is 2.11 bits per heavy atom. The first-order valence-corrected chi connectivity index (χ1v) is 6.67. The van der Waals surface area contributed by atoms with Gasteiger partial charge in [0.1, 0.15) is 5.75 Å². The van der Waals surface area contributed by atoms with Gasteiger partial charge in [-0.3, -0.25) is 10.0 Å². The topological polar surface area (TPSA) is 70.6 Å². The fourth-order valence-corrected chi connectivity index (χ4v) is 1.88. The lowest BCUT2D eigenvalue weighted by molar-refractivity contribution is -0.214. The van der Waals surface area contributed by atoms with Crippen LogP contribution in [0.15, 0.2) is 60.7 Å². The zero-order chi connectivity index (χ0) is 12.8. The van der Waals surface area contributed by atoms with E-state index in [1.165, 1.54) is 12.1 Å². The van der Waals surface area contributed by atoms with Crippen LogP contribution >= 0.6 is 7.82 Å². The first-order valence-electron chi connectivity index (χ1n) is 5.21. The maximum Gasteiger partial charge on any atom is 0.341 e. The maximum atomic E-state index is 11.5. The minimum atomic E-state index is -4.44. The number of hydrogen-bond donors (Lipinski definition) is 1. The molecule has 0 saturated heterocycles. The average Bonchev–Trinajstić information content (AvgIpc) is 2.38. The molecule has 0 aliphatic carbocycles. The standard InChI is InChI=1S/C12H12NO4P/c14-18(15,16-12-9-5-2-6-10-12)17-13-11-7-3-1-4-8-11/h1-10,13H,(H,14,15)/p-1. The minimum absolute atomic E-state index is 0.200. The van der Waals surface area contributed by atoms with Crippen LogP contribution in [0.3, 0.4) is 0 Å². The monoisotopic (exact) mass is 264 g/mol. The smallest absolute Gasteiger partial charge is 0.341 e. The third-order valence-electron chi connectivity index (χ3n) is 2.01.